The van der Waals surface area contributed by atoms with Crippen LogP contribution in [0.5, 0.6) is 0 Å². The van der Waals surface area contributed by atoms with Crippen molar-refractivity contribution < 1.29 is 9.18 Å². The van der Waals surface area contributed by atoms with Gasteiger partial charge < -0.3 is 15.5 Å². The molecule has 2 aromatic rings. The van der Waals surface area contributed by atoms with E-state index in [0.29, 0.717) is 24.0 Å². The van der Waals surface area contributed by atoms with Crippen molar-refractivity contribution in [3.8, 4) is 6.07 Å². The van der Waals surface area contributed by atoms with Crippen LogP contribution in [-0.2, 0) is 10.3 Å². The number of hydrogen-bond donors (Lipinski definition) is 2. The minimum Gasteiger partial charge on any atom is -0.344 e. The number of amides is 1. The van der Waals surface area contributed by atoms with Crippen molar-refractivity contribution in [2.45, 2.75) is 18.9 Å². The molecule has 8 heteroatoms. The zero-order valence-electron chi connectivity index (χ0n) is 15.7. The highest BCUT2D eigenvalue weighted by molar-refractivity contribution is 5.86. The van der Waals surface area contributed by atoms with Crippen LogP contribution in [-0.4, -0.2) is 54.5 Å². The molecule has 3 rings (SSSR count). The first-order valence-electron chi connectivity index (χ1n) is 8.86. The van der Waals surface area contributed by atoms with E-state index < -0.39 is 11.4 Å². The van der Waals surface area contributed by atoms with E-state index in [1.54, 1.807) is 19.0 Å². The van der Waals surface area contributed by atoms with E-state index in [0.717, 1.165) is 6.54 Å². The molecule has 1 fully saturated rings. The molecule has 0 aliphatic carbocycles. The van der Waals surface area contributed by atoms with E-state index >= 15 is 4.39 Å². The Kier molecular flexibility index (Phi) is 5.35. The third-order valence-electron chi connectivity index (χ3n) is 4.75. The number of piperidine rings is 1. The molecule has 1 amide bonds. The van der Waals surface area contributed by atoms with Crippen molar-refractivity contribution in [2.75, 3.05) is 33.7 Å². The Hall–Kier alpha value is -2.63. The molecule has 2 N–H and O–H groups in total. The molecule has 1 aromatic carbocycles. The normalized spacial score (nSPS) is 22.6. The topological polar surface area (TPSA) is 93.9 Å². The van der Waals surface area contributed by atoms with Crippen LogP contribution in [0.2, 0.25) is 0 Å². The standard InChI is InChI=1S/C19H23FN6O/c1-12-7-19(11-22-9-12,25-15(27)10-26(2)3)16-14(20)6-13(8-21)17-18(16)24-5-4-23-17/h4-6,12,22H,7,9-11H2,1-3H3,(H,25,27)/t12-,19-/m0/s1. The Morgan fingerprint density at radius 3 is 2.78 bits per heavy atom. The zero-order valence-corrected chi connectivity index (χ0v) is 15.7. The largest absolute Gasteiger partial charge is 0.344 e. The molecule has 142 valence electrons. The van der Waals surface area contributed by atoms with Gasteiger partial charge in [0, 0.05) is 24.5 Å². The third kappa shape index (κ3) is 3.75. The molecule has 1 aromatic heterocycles. The van der Waals surface area contributed by atoms with Gasteiger partial charge in [0.2, 0.25) is 5.91 Å². The lowest BCUT2D eigenvalue weighted by atomic mass is 9.77. The predicted octanol–water partition coefficient (Wildman–Crippen LogP) is 1.14. The summed E-state index contributed by atoms with van der Waals surface area (Å²) in [6, 6.07) is 3.16. The molecule has 2 atom stereocenters. The minimum atomic E-state index is -0.961. The number of aromatic nitrogens is 2. The quantitative estimate of drug-likeness (QED) is 0.838. The molecular weight excluding hydrogens is 347 g/mol. The van der Waals surface area contributed by atoms with Gasteiger partial charge in [-0.15, -0.1) is 0 Å². The maximum atomic E-state index is 15.2. The van der Waals surface area contributed by atoms with Crippen LogP contribution in [0.1, 0.15) is 24.5 Å². The lowest BCUT2D eigenvalue weighted by Crippen LogP contribution is -2.58. The number of likely N-dealkylation sites (N-methyl/N-ethyl adjacent to an activating group) is 1. The summed E-state index contributed by atoms with van der Waals surface area (Å²) in [4.78, 5) is 22.9. The summed E-state index contributed by atoms with van der Waals surface area (Å²) in [7, 11) is 3.61. The van der Waals surface area contributed by atoms with Gasteiger partial charge in [-0.05, 0) is 39.0 Å². The number of halogens is 1. The van der Waals surface area contributed by atoms with Crippen molar-refractivity contribution >= 4 is 16.9 Å². The average Bonchev–Trinajstić information content (AvgIpc) is 2.59. The molecular formula is C19H23FN6O. The molecule has 1 saturated heterocycles. The zero-order chi connectivity index (χ0) is 19.6. The molecule has 1 aliphatic rings. The number of hydrogen-bond acceptors (Lipinski definition) is 6. The fourth-order valence-corrected chi connectivity index (χ4v) is 3.85. The molecule has 7 nitrogen and oxygen atoms in total. The monoisotopic (exact) mass is 370 g/mol. The number of carbonyl (C=O) groups is 1. The maximum absolute atomic E-state index is 15.2. The van der Waals surface area contributed by atoms with Gasteiger partial charge in [0.15, 0.2) is 0 Å². The number of nitrogens with one attached hydrogen (secondary N) is 2. The van der Waals surface area contributed by atoms with Crippen molar-refractivity contribution in [1.82, 2.24) is 25.5 Å². The van der Waals surface area contributed by atoms with Crippen molar-refractivity contribution in [1.29, 1.82) is 5.26 Å². The fourth-order valence-electron chi connectivity index (χ4n) is 3.85. The second kappa shape index (κ2) is 7.55. The molecule has 0 saturated carbocycles. The van der Waals surface area contributed by atoms with Crippen LogP contribution in [0.3, 0.4) is 0 Å². The predicted molar refractivity (Wildman–Crippen MR) is 99.2 cm³/mol. The van der Waals surface area contributed by atoms with E-state index in [1.807, 2.05) is 6.07 Å². The van der Waals surface area contributed by atoms with Crippen LogP contribution in [0.15, 0.2) is 18.5 Å². The van der Waals surface area contributed by atoms with Gasteiger partial charge in [-0.25, -0.2) is 4.39 Å². The second-order valence-corrected chi connectivity index (χ2v) is 7.45. The summed E-state index contributed by atoms with van der Waals surface area (Å²) in [5.41, 5.74) is 0.115. The Balaban J connectivity index is 2.20. The van der Waals surface area contributed by atoms with E-state index in [2.05, 4.69) is 27.5 Å². The van der Waals surface area contributed by atoms with E-state index in [9.17, 15) is 10.1 Å². The minimum absolute atomic E-state index is 0.130. The molecule has 27 heavy (non-hydrogen) atoms. The third-order valence-corrected chi connectivity index (χ3v) is 4.75. The van der Waals surface area contributed by atoms with Gasteiger partial charge in [0.1, 0.15) is 17.4 Å². The summed E-state index contributed by atoms with van der Waals surface area (Å²) < 4.78 is 15.2. The Labute approximate surface area is 157 Å². The number of fused-ring (bicyclic) bond motifs is 1. The number of nitriles is 1. The first kappa shape index (κ1) is 19.1. The number of nitrogens with zero attached hydrogens (tertiary/aromatic N) is 4. The Bertz CT molecular complexity index is 909. The van der Waals surface area contributed by atoms with Crippen LogP contribution in [0.25, 0.3) is 11.0 Å². The van der Waals surface area contributed by atoms with Crippen molar-refractivity contribution in [3.63, 3.8) is 0 Å². The molecule has 0 bridgehead atoms. The maximum Gasteiger partial charge on any atom is 0.234 e. The highest BCUT2D eigenvalue weighted by Gasteiger charge is 2.42. The van der Waals surface area contributed by atoms with Crippen LogP contribution in [0, 0.1) is 23.1 Å². The number of carbonyl (C=O) groups excluding carboxylic acids is 1. The highest BCUT2D eigenvalue weighted by Crippen LogP contribution is 2.37. The lowest BCUT2D eigenvalue weighted by molar-refractivity contribution is -0.124. The van der Waals surface area contributed by atoms with Crippen molar-refractivity contribution in [3.05, 3.63) is 35.4 Å². The summed E-state index contributed by atoms with van der Waals surface area (Å²) in [5, 5.41) is 15.7. The first-order chi connectivity index (χ1) is 12.9. The Morgan fingerprint density at radius 1 is 1.44 bits per heavy atom. The fraction of sp³-hybridized carbons (Fsp3) is 0.474. The van der Waals surface area contributed by atoms with Gasteiger partial charge in [-0.2, -0.15) is 5.26 Å². The first-order valence-corrected chi connectivity index (χ1v) is 8.86. The van der Waals surface area contributed by atoms with Crippen LogP contribution < -0.4 is 10.6 Å². The molecule has 1 aliphatic heterocycles. The van der Waals surface area contributed by atoms with Gasteiger partial charge in [-0.1, -0.05) is 6.92 Å². The summed E-state index contributed by atoms with van der Waals surface area (Å²) >= 11 is 0. The van der Waals surface area contributed by atoms with Gasteiger partial charge in [0.25, 0.3) is 0 Å². The smallest absolute Gasteiger partial charge is 0.234 e. The molecule has 0 radical (unpaired) electrons. The second-order valence-electron chi connectivity index (χ2n) is 7.45. The SMILES string of the molecule is C[C@@H]1CNC[C@](NC(=O)CN(C)C)(c2c(F)cc(C#N)c3nccnc23)C1. The summed E-state index contributed by atoms with van der Waals surface area (Å²) in [5.74, 6) is -0.530. The highest BCUT2D eigenvalue weighted by atomic mass is 19.1. The average molecular weight is 370 g/mol. The van der Waals surface area contributed by atoms with Gasteiger partial charge in [0.05, 0.1) is 23.2 Å². The van der Waals surface area contributed by atoms with Crippen molar-refractivity contribution in [2.24, 2.45) is 5.92 Å². The number of benzene rings is 1. The van der Waals surface area contributed by atoms with E-state index in [1.165, 1.54) is 18.5 Å². The van der Waals surface area contributed by atoms with Gasteiger partial charge in [-0.3, -0.25) is 14.8 Å². The summed E-state index contributed by atoms with van der Waals surface area (Å²) in [6.45, 7) is 3.41. The van der Waals surface area contributed by atoms with Gasteiger partial charge >= 0.3 is 0 Å². The molecule has 0 spiro atoms. The van der Waals surface area contributed by atoms with Crippen LogP contribution in [0.4, 0.5) is 4.39 Å². The van der Waals surface area contributed by atoms with E-state index in [4.69, 9.17) is 0 Å². The lowest BCUT2D eigenvalue weighted by Gasteiger charge is -2.42. The van der Waals surface area contributed by atoms with E-state index in [-0.39, 0.29) is 29.5 Å². The van der Waals surface area contributed by atoms with Crippen LogP contribution >= 0.6 is 0 Å². The Morgan fingerprint density at radius 2 is 2.15 bits per heavy atom. The molecule has 0 unspecified atom stereocenters. The summed E-state index contributed by atoms with van der Waals surface area (Å²) in [6.07, 6.45) is 3.51. The molecule has 2 heterocycles. The number of rotatable bonds is 4.